The van der Waals surface area contributed by atoms with Crippen LogP contribution in [0, 0.1) is 0 Å². The van der Waals surface area contributed by atoms with Gasteiger partial charge in [-0.25, -0.2) is 9.13 Å². The van der Waals surface area contributed by atoms with Gasteiger partial charge >= 0.3 is 0 Å². The quantitative estimate of drug-likeness (QED) is 0.0857. The van der Waals surface area contributed by atoms with E-state index in [1.165, 1.54) is 85.5 Å². The molecule has 2 saturated heterocycles. The first-order valence-electron chi connectivity index (χ1n) is 16.1. The van der Waals surface area contributed by atoms with Gasteiger partial charge in [0.05, 0.1) is 11.5 Å². The fourth-order valence-electron chi connectivity index (χ4n) is 5.79. The Bertz CT molecular complexity index is 1370. The van der Waals surface area contributed by atoms with Crippen molar-refractivity contribution in [1.29, 1.82) is 0 Å². The Hall–Kier alpha value is -3.48. The van der Waals surface area contributed by atoms with E-state index >= 15 is 0 Å². The summed E-state index contributed by atoms with van der Waals surface area (Å²) in [5.74, 6) is 2.20. The molecule has 2 aliphatic rings. The molecule has 2 aromatic carbocycles. The molecule has 0 saturated carbocycles. The van der Waals surface area contributed by atoms with Crippen LogP contribution in [0.2, 0.25) is 0 Å². The molecule has 0 N–H and O–H groups in total. The predicted molar refractivity (Wildman–Crippen MR) is 192 cm³/mol. The Kier molecular flexibility index (Phi) is 11.1. The number of aryl methyl sites for hydroxylation is 2. The second-order valence-electron chi connectivity index (χ2n) is 11.6. The van der Waals surface area contributed by atoms with Crippen LogP contribution < -0.4 is 18.9 Å². The van der Waals surface area contributed by atoms with Crippen molar-refractivity contribution in [2.24, 2.45) is 0 Å². The van der Waals surface area contributed by atoms with Gasteiger partial charge in [0, 0.05) is 61.8 Å². The summed E-state index contributed by atoms with van der Waals surface area (Å²) in [6.45, 7) is 6.82. The van der Waals surface area contributed by atoms with Crippen molar-refractivity contribution in [2.75, 3.05) is 47.5 Å². The van der Waals surface area contributed by atoms with Gasteiger partial charge in [0.2, 0.25) is 0 Å². The maximum atomic E-state index is 2.48. The van der Waals surface area contributed by atoms with Crippen molar-refractivity contribution in [3.8, 4) is 0 Å². The number of rotatable bonds is 13. The summed E-state index contributed by atoms with van der Waals surface area (Å²) in [6.07, 6.45) is 22.8. The third kappa shape index (κ3) is 9.02. The minimum Gasteiger partial charge on any atom is -0.372 e. The van der Waals surface area contributed by atoms with Gasteiger partial charge in [-0.1, -0.05) is 70.2 Å². The van der Waals surface area contributed by atoms with Crippen molar-refractivity contribution < 1.29 is 9.13 Å². The molecule has 6 rings (SSSR count). The highest BCUT2D eigenvalue weighted by Gasteiger charge is 2.12. The zero-order chi connectivity index (χ0) is 29.8. The third-order valence-corrected chi connectivity index (χ3v) is 10.8. The Labute approximate surface area is 271 Å². The molecule has 4 aromatic rings. The molecule has 4 heterocycles. The van der Waals surface area contributed by atoms with Gasteiger partial charge in [0.25, 0.3) is 0 Å². The van der Waals surface area contributed by atoms with Gasteiger partial charge in [-0.05, 0) is 72.2 Å². The number of anilines is 2. The number of aromatic nitrogens is 2. The van der Waals surface area contributed by atoms with Crippen LogP contribution in [0.4, 0.5) is 11.4 Å². The third-order valence-electron chi connectivity index (χ3n) is 8.45. The number of hydrogen-bond donors (Lipinski definition) is 0. The van der Waals surface area contributed by atoms with Crippen LogP contribution in [0.25, 0.3) is 24.3 Å². The first kappa shape index (κ1) is 30.5. The van der Waals surface area contributed by atoms with Crippen molar-refractivity contribution in [1.82, 2.24) is 0 Å². The summed E-state index contributed by atoms with van der Waals surface area (Å²) in [5.41, 5.74) is 7.66. The largest absolute Gasteiger partial charge is 0.372 e. The van der Waals surface area contributed by atoms with E-state index in [1.807, 2.05) is 21.6 Å². The smallest absolute Gasteiger partial charge is 0.169 e. The Morgan fingerprint density at radius 1 is 0.455 bits per heavy atom. The number of benzene rings is 2. The summed E-state index contributed by atoms with van der Waals surface area (Å²) in [6, 6.07) is 26.7. The molecule has 0 radical (unpaired) electrons. The molecule has 0 unspecified atom stereocenters. The van der Waals surface area contributed by atoms with Gasteiger partial charge < -0.3 is 9.80 Å². The van der Waals surface area contributed by atoms with Gasteiger partial charge in [0.1, 0.15) is 0 Å². The molecule has 44 heavy (non-hydrogen) atoms. The highest BCUT2D eigenvalue weighted by atomic mass is 33.1. The lowest BCUT2D eigenvalue weighted by atomic mass is 10.1. The Morgan fingerprint density at radius 2 is 0.773 bits per heavy atom. The average Bonchev–Trinajstić information content (AvgIpc) is 3.82. The molecule has 226 valence electrons. The number of nitrogens with zero attached hydrogens (tertiary/aromatic N) is 4. The molecule has 2 aromatic heterocycles. The van der Waals surface area contributed by atoms with E-state index in [1.54, 1.807) is 0 Å². The van der Waals surface area contributed by atoms with E-state index in [0.717, 1.165) is 24.6 Å². The Balaban J connectivity index is 0.859. The maximum absolute atomic E-state index is 2.48. The lowest BCUT2D eigenvalue weighted by molar-refractivity contribution is -0.692. The molecular formula is C38H44N4S2+2. The lowest BCUT2D eigenvalue weighted by Gasteiger charge is -2.17. The van der Waals surface area contributed by atoms with Gasteiger partial charge in [0.15, 0.2) is 37.9 Å². The molecule has 0 aliphatic carbocycles. The molecule has 6 heteroatoms. The van der Waals surface area contributed by atoms with Crippen molar-refractivity contribution >= 4 is 57.3 Å². The first-order valence-corrected chi connectivity index (χ1v) is 18.6. The zero-order valence-electron chi connectivity index (χ0n) is 25.6. The molecule has 0 bridgehead atoms. The van der Waals surface area contributed by atoms with Crippen LogP contribution in [0.5, 0.6) is 0 Å². The van der Waals surface area contributed by atoms with E-state index in [9.17, 15) is 0 Å². The highest BCUT2D eigenvalue weighted by Crippen LogP contribution is 2.23. The van der Waals surface area contributed by atoms with Crippen LogP contribution in [-0.2, 0) is 13.1 Å². The maximum Gasteiger partial charge on any atom is 0.169 e. The number of hydrogen-bond acceptors (Lipinski definition) is 4. The second kappa shape index (κ2) is 16.0. The van der Waals surface area contributed by atoms with E-state index in [2.05, 4.69) is 141 Å². The molecule has 0 atom stereocenters. The summed E-state index contributed by atoms with van der Waals surface area (Å²) < 4.78 is 4.55. The standard InChI is InChI=1S/C38H44N4S2/c1-2-22-41(21-1)37-13-9-33(10-14-37)5-7-35-17-25-39(26-18-35)29-31-43-44-32-30-40-27-19-36(20-28-40)8-6-34-11-15-38(16-12-34)42-23-3-4-24-42/h5-20,25-28H,1-4,21-24,29-32H2/q+2. The summed E-state index contributed by atoms with van der Waals surface area (Å²) >= 11 is 0. The van der Waals surface area contributed by atoms with E-state index in [0.29, 0.717) is 0 Å². The zero-order valence-corrected chi connectivity index (χ0v) is 27.3. The van der Waals surface area contributed by atoms with E-state index < -0.39 is 0 Å². The van der Waals surface area contributed by atoms with Crippen molar-refractivity contribution in [3.05, 3.63) is 120 Å². The fraction of sp³-hybridized carbons (Fsp3) is 0.316. The second-order valence-corrected chi connectivity index (χ2v) is 14.3. The first-order chi connectivity index (χ1) is 21.8. The average molecular weight is 621 g/mol. The highest BCUT2D eigenvalue weighted by molar-refractivity contribution is 8.76. The van der Waals surface area contributed by atoms with Crippen LogP contribution in [0.15, 0.2) is 97.6 Å². The van der Waals surface area contributed by atoms with Crippen LogP contribution in [0.1, 0.15) is 47.9 Å². The van der Waals surface area contributed by atoms with Crippen LogP contribution in [-0.4, -0.2) is 37.7 Å². The lowest BCUT2D eigenvalue weighted by Crippen LogP contribution is -2.34. The molecular weight excluding hydrogens is 577 g/mol. The molecule has 2 fully saturated rings. The monoisotopic (exact) mass is 620 g/mol. The van der Waals surface area contributed by atoms with E-state index in [4.69, 9.17) is 0 Å². The molecule has 0 spiro atoms. The topological polar surface area (TPSA) is 14.2 Å². The van der Waals surface area contributed by atoms with Crippen molar-refractivity contribution in [2.45, 2.75) is 38.8 Å². The number of pyridine rings is 2. The minimum absolute atomic E-state index is 1.02. The summed E-state index contributed by atoms with van der Waals surface area (Å²) in [4.78, 5) is 4.96. The van der Waals surface area contributed by atoms with Crippen LogP contribution >= 0.6 is 21.6 Å². The summed E-state index contributed by atoms with van der Waals surface area (Å²) in [5, 5.41) is 0. The minimum atomic E-state index is 1.02. The molecule has 2 aliphatic heterocycles. The van der Waals surface area contributed by atoms with Gasteiger partial charge in [-0.2, -0.15) is 0 Å². The normalized spacial score (nSPS) is 15.3. The molecule has 0 amide bonds. The van der Waals surface area contributed by atoms with Crippen molar-refractivity contribution in [3.63, 3.8) is 0 Å². The Morgan fingerprint density at radius 3 is 1.11 bits per heavy atom. The van der Waals surface area contributed by atoms with E-state index in [-0.39, 0.29) is 0 Å². The predicted octanol–water partition coefficient (Wildman–Crippen LogP) is 7.88. The van der Waals surface area contributed by atoms with Gasteiger partial charge in [-0.3, -0.25) is 0 Å². The van der Waals surface area contributed by atoms with Gasteiger partial charge in [-0.15, -0.1) is 0 Å². The van der Waals surface area contributed by atoms with Crippen LogP contribution in [0.3, 0.4) is 0 Å². The molecule has 4 nitrogen and oxygen atoms in total. The summed E-state index contributed by atoms with van der Waals surface area (Å²) in [7, 11) is 3.92. The SMILES string of the molecule is C(=C\c1cc[n+](CCSSCC[n+]2ccc(/C=C/c3ccc(N4CCCC4)cc3)cc2)cc1)/c1ccc(N2CCCC2)cc1. The fourth-order valence-corrected chi connectivity index (χ4v) is 7.75.